The number of carbonyl (C=O) groups excluding carboxylic acids is 1. The van der Waals surface area contributed by atoms with Gasteiger partial charge in [0.25, 0.3) is 5.91 Å². The summed E-state index contributed by atoms with van der Waals surface area (Å²) in [7, 11) is 3.04. The maximum absolute atomic E-state index is 13.0. The van der Waals surface area contributed by atoms with Gasteiger partial charge in [-0.05, 0) is 35.9 Å². The Labute approximate surface area is 154 Å². The lowest BCUT2D eigenvalue weighted by Gasteiger charge is -2.09. The zero-order chi connectivity index (χ0) is 18.5. The van der Waals surface area contributed by atoms with Gasteiger partial charge in [-0.15, -0.1) is 11.3 Å². The highest BCUT2D eigenvalue weighted by atomic mass is 32.1. The Morgan fingerprint density at radius 1 is 1.15 bits per heavy atom. The first-order valence-corrected chi connectivity index (χ1v) is 8.63. The van der Waals surface area contributed by atoms with Crippen LogP contribution < -0.4 is 14.8 Å². The summed E-state index contributed by atoms with van der Waals surface area (Å²) in [5.74, 6) is 0.417. The molecule has 0 aliphatic carbocycles. The van der Waals surface area contributed by atoms with Crippen molar-refractivity contribution >= 4 is 22.4 Å². The average Bonchev–Trinajstić information content (AvgIpc) is 3.09. The number of benzene rings is 2. The highest BCUT2D eigenvalue weighted by Gasteiger charge is 2.15. The molecule has 0 unspecified atom stereocenters. The molecule has 26 heavy (non-hydrogen) atoms. The smallest absolute Gasteiger partial charge is 0.261 e. The summed E-state index contributed by atoms with van der Waals surface area (Å²) < 4.78 is 23.4. The van der Waals surface area contributed by atoms with Crippen LogP contribution in [0.3, 0.4) is 0 Å². The van der Waals surface area contributed by atoms with Gasteiger partial charge in [-0.2, -0.15) is 0 Å². The molecule has 7 heteroatoms. The number of carbonyl (C=O) groups is 1. The molecule has 5 nitrogen and oxygen atoms in total. The largest absolute Gasteiger partial charge is 0.497 e. The molecule has 1 amide bonds. The minimum Gasteiger partial charge on any atom is -0.497 e. The molecule has 0 saturated heterocycles. The number of halogens is 1. The molecule has 0 aliphatic rings. The number of hydrogen-bond donors (Lipinski definition) is 1. The van der Waals surface area contributed by atoms with Gasteiger partial charge in [-0.25, -0.2) is 9.37 Å². The van der Waals surface area contributed by atoms with Crippen LogP contribution in [-0.4, -0.2) is 25.1 Å². The average molecular weight is 372 g/mol. The number of anilines is 1. The Morgan fingerprint density at radius 3 is 2.62 bits per heavy atom. The minimum absolute atomic E-state index is 0.266. The Balaban J connectivity index is 1.72. The lowest BCUT2D eigenvalue weighted by molar-refractivity contribution is 0.102. The summed E-state index contributed by atoms with van der Waals surface area (Å²) in [6.07, 6.45) is 2.32. The summed E-state index contributed by atoms with van der Waals surface area (Å²) in [5, 5.41) is 3.26. The van der Waals surface area contributed by atoms with Gasteiger partial charge in [0.2, 0.25) is 0 Å². The van der Waals surface area contributed by atoms with Crippen LogP contribution in [0.2, 0.25) is 0 Å². The van der Waals surface area contributed by atoms with E-state index in [1.807, 2.05) is 0 Å². The Kier molecular flexibility index (Phi) is 5.48. The predicted octanol–water partition coefficient (Wildman–Crippen LogP) is 4.14. The van der Waals surface area contributed by atoms with E-state index in [2.05, 4.69) is 10.3 Å². The number of hydrogen-bond acceptors (Lipinski definition) is 5. The van der Waals surface area contributed by atoms with E-state index in [1.165, 1.54) is 37.7 Å². The summed E-state index contributed by atoms with van der Waals surface area (Å²) in [4.78, 5) is 17.7. The van der Waals surface area contributed by atoms with Crippen LogP contribution in [0.4, 0.5) is 9.52 Å². The van der Waals surface area contributed by atoms with Gasteiger partial charge in [0.15, 0.2) is 5.13 Å². The van der Waals surface area contributed by atoms with Crippen molar-refractivity contribution in [3.05, 3.63) is 70.5 Å². The van der Waals surface area contributed by atoms with Crippen LogP contribution >= 0.6 is 11.3 Å². The van der Waals surface area contributed by atoms with Crippen molar-refractivity contribution in [1.82, 2.24) is 4.98 Å². The van der Waals surface area contributed by atoms with E-state index in [4.69, 9.17) is 9.47 Å². The second-order valence-corrected chi connectivity index (χ2v) is 6.57. The number of aromatic nitrogens is 1. The van der Waals surface area contributed by atoms with Gasteiger partial charge in [-0.3, -0.25) is 10.1 Å². The molecular weight excluding hydrogens is 355 g/mol. The maximum atomic E-state index is 13.0. The molecule has 0 spiro atoms. The van der Waals surface area contributed by atoms with E-state index in [0.29, 0.717) is 28.6 Å². The van der Waals surface area contributed by atoms with Crippen molar-refractivity contribution in [3.8, 4) is 11.5 Å². The molecule has 134 valence electrons. The zero-order valence-corrected chi connectivity index (χ0v) is 15.1. The van der Waals surface area contributed by atoms with Crippen LogP contribution in [0.5, 0.6) is 11.5 Å². The summed E-state index contributed by atoms with van der Waals surface area (Å²) in [5.41, 5.74) is 1.34. The first-order chi connectivity index (χ1) is 12.6. The second-order valence-electron chi connectivity index (χ2n) is 5.46. The van der Waals surface area contributed by atoms with Crippen LogP contribution in [0, 0.1) is 5.82 Å². The number of rotatable bonds is 6. The zero-order valence-electron chi connectivity index (χ0n) is 14.3. The van der Waals surface area contributed by atoms with E-state index >= 15 is 0 Å². The standard InChI is InChI=1S/C19H17FN2O3S/c1-24-14-7-8-17(25-2)16(10-14)18(23)22-19-21-11-15(26-19)9-12-3-5-13(20)6-4-12/h3-8,10-11H,9H2,1-2H3,(H,21,22,23). The van der Waals surface area contributed by atoms with E-state index in [1.54, 1.807) is 36.5 Å². The molecule has 0 radical (unpaired) electrons. The highest BCUT2D eigenvalue weighted by Crippen LogP contribution is 2.26. The molecule has 1 N–H and O–H groups in total. The molecule has 1 aromatic heterocycles. The van der Waals surface area contributed by atoms with Crippen LogP contribution in [-0.2, 0) is 6.42 Å². The molecule has 2 aromatic carbocycles. The molecule has 0 aliphatic heterocycles. The monoisotopic (exact) mass is 372 g/mol. The first kappa shape index (κ1) is 17.9. The number of nitrogens with zero attached hydrogens (tertiary/aromatic N) is 1. The predicted molar refractivity (Wildman–Crippen MR) is 98.8 cm³/mol. The molecule has 3 aromatic rings. The lowest BCUT2D eigenvalue weighted by Crippen LogP contribution is -2.13. The Hall–Kier alpha value is -2.93. The molecule has 0 bridgehead atoms. The quantitative estimate of drug-likeness (QED) is 0.706. The summed E-state index contributed by atoms with van der Waals surface area (Å²) in [6.45, 7) is 0. The SMILES string of the molecule is COc1ccc(OC)c(C(=O)Nc2ncc(Cc3ccc(F)cc3)s2)c1. The van der Waals surface area contributed by atoms with Gasteiger partial charge in [0.05, 0.1) is 19.8 Å². The molecule has 0 saturated carbocycles. The van der Waals surface area contributed by atoms with Crippen molar-refractivity contribution in [2.45, 2.75) is 6.42 Å². The fraction of sp³-hybridized carbons (Fsp3) is 0.158. The molecule has 0 atom stereocenters. The topological polar surface area (TPSA) is 60.5 Å². The van der Waals surface area contributed by atoms with Gasteiger partial charge < -0.3 is 9.47 Å². The highest BCUT2D eigenvalue weighted by molar-refractivity contribution is 7.15. The lowest BCUT2D eigenvalue weighted by atomic mass is 10.1. The van der Waals surface area contributed by atoms with E-state index in [0.717, 1.165) is 10.4 Å². The summed E-state index contributed by atoms with van der Waals surface area (Å²) >= 11 is 1.37. The van der Waals surface area contributed by atoms with E-state index in [9.17, 15) is 9.18 Å². The number of amides is 1. The van der Waals surface area contributed by atoms with Crippen LogP contribution in [0.25, 0.3) is 0 Å². The first-order valence-electron chi connectivity index (χ1n) is 7.81. The fourth-order valence-electron chi connectivity index (χ4n) is 2.41. The van der Waals surface area contributed by atoms with E-state index in [-0.39, 0.29) is 11.7 Å². The third-order valence-corrected chi connectivity index (χ3v) is 4.63. The van der Waals surface area contributed by atoms with Gasteiger partial charge in [-0.1, -0.05) is 12.1 Å². The van der Waals surface area contributed by atoms with Crippen molar-refractivity contribution in [2.75, 3.05) is 19.5 Å². The fourth-order valence-corrected chi connectivity index (χ4v) is 3.25. The van der Waals surface area contributed by atoms with E-state index < -0.39 is 0 Å². The van der Waals surface area contributed by atoms with Crippen LogP contribution in [0.1, 0.15) is 20.8 Å². The summed E-state index contributed by atoms with van der Waals surface area (Å²) in [6, 6.07) is 11.3. The van der Waals surface area contributed by atoms with Gasteiger partial charge in [0, 0.05) is 17.5 Å². The van der Waals surface area contributed by atoms with Gasteiger partial charge >= 0.3 is 0 Å². The number of nitrogens with one attached hydrogen (secondary N) is 1. The maximum Gasteiger partial charge on any atom is 0.261 e. The number of methoxy groups -OCH3 is 2. The van der Waals surface area contributed by atoms with Crippen molar-refractivity contribution in [1.29, 1.82) is 0 Å². The Morgan fingerprint density at radius 2 is 1.92 bits per heavy atom. The molecule has 1 heterocycles. The Bertz CT molecular complexity index is 909. The van der Waals surface area contributed by atoms with Crippen molar-refractivity contribution < 1.29 is 18.7 Å². The third kappa shape index (κ3) is 4.18. The minimum atomic E-state index is -0.330. The molecule has 0 fully saturated rings. The van der Waals surface area contributed by atoms with Crippen LogP contribution in [0.15, 0.2) is 48.7 Å². The third-order valence-electron chi connectivity index (χ3n) is 3.72. The second kappa shape index (κ2) is 7.97. The number of thiazole rings is 1. The van der Waals surface area contributed by atoms with Crippen molar-refractivity contribution in [3.63, 3.8) is 0 Å². The van der Waals surface area contributed by atoms with Crippen molar-refractivity contribution in [2.24, 2.45) is 0 Å². The number of ether oxygens (including phenoxy) is 2. The molecular formula is C19H17FN2O3S. The molecule has 3 rings (SSSR count). The normalized spacial score (nSPS) is 10.4. The van der Waals surface area contributed by atoms with Gasteiger partial charge in [0.1, 0.15) is 17.3 Å².